The van der Waals surface area contributed by atoms with Gasteiger partial charge in [0.1, 0.15) is 11.4 Å². The van der Waals surface area contributed by atoms with Crippen LogP contribution in [0.4, 0.5) is 10.6 Å². The summed E-state index contributed by atoms with van der Waals surface area (Å²) in [7, 11) is 2.01. The van der Waals surface area contributed by atoms with Crippen molar-refractivity contribution >= 4 is 23.7 Å². The summed E-state index contributed by atoms with van der Waals surface area (Å²) >= 11 is 1.52. The smallest absolute Gasteiger partial charge is 0.410 e. The lowest BCUT2D eigenvalue weighted by atomic mass is 10.2. The summed E-state index contributed by atoms with van der Waals surface area (Å²) in [6.45, 7) is 7.02. The number of hydrogen-bond donors (Lipinski definition) is 0. The third kappa shape index (κ3) is 4.25. The molecule has 122 valence electrons. The molecule has 0 spiro atoms. The molecule has 0 N–H and O–H groups in total. The summed E-state index contributed by atoms with van der Waals surface area (Å²) in [5.41, 5.74) is -0.457. The summed E-state index contributed by atoms with van der Waals surface area (Å²) in [5, 5.41) is 0.756. The molecule has 6 nitrogen and oxygen atoms in total. The topological polar surface area (TPSA) is 58.6 Å². The second-order valence-electron chi connectivity index (χ2n) is 6.38. The van der Waals surface area contributed by atoms with Gasteiger partial charge in [-0.25, -0.2) is 14.8 Å². The molecule has 0 unspecified atom stereocenters. The molecule has 1 aromatic rings. The Bertz CT molecular complexity index is 533. The highest BCUT2D eigenvalue weighted by Crippen LogP contribution is 2.22. The van der Waals surface area contributed by atoms with Gasteiger partial charge in [0.15, 0.2) is 5.16 Å². The van der Waals surface area contributed by atoms with E-state index in [-0.39, 0.29) is 12.1 Å². The van der Waals surface area contributed by atoms with Gasteiger partial charge in [-0.2, -0.15) is 0 Å². The highest BCUT2D eigenvalue weighted by atomic mass is 32.2. The lowest BCUT2D eigenvalue weighted by Gasteiger charge is -2.27. The molecule has 1 aromatic heterocycles. The first-order chi connectivity index (χ1) is 10.3. The van der Waals surface area contributed by atoms with E-state index in [0.717, 1.165) is 17.4 Å². The van der Waals surface area contributed by atoms with Crippen LogP contribution in [0, 0.1) is 0 Å². The van der Waals surface area contributed by atoms with E-state index in [1.807, 2.05) is 40.1 Å². The third-order valence-corrected chi connectivity index (χ3v) is 4.09. The van der Waals surface area contributed by atoms with Gasteiger partial charge in [-0.05, 0) is 39.5 Å². The fraction of sp³-hybridized carbons (Fsp3) is 0.667. The number of amides is 1. The number of hydrogen-bond acceptors (Lipinski definition) is 6. The molecular formula is C15H24N4O2S. The molecule has 0 radical (unpaired) electrons. The molecule has 0 aromatic carbocycles. The number of likely N-dealkylation sites (N-methyl/N-ethyl adjacent to an activating group) is 1. The molecule has 2 heterocycles. The zero-order chi connectivity index (χ0) is 16.3. The molecule has 1 amide bonds. The Morgan fingerprint density at radius 3 is 2.86 bits per heavy atom. The van der Waals surface area contributed by atoms with Crippen molar-refractivity contribution < 1.29 is 9.53 Å². The molecule has 7 heteroatoms. The number of carbonyl (C=O) groups is 1. The Labute approximate surface area is 136 Å². The summed E-state index contributed by atoms with van der Waals surface area (Å²) in [6, 6.07) is 2.15. The minimum atomic E-state index is -0.457. The van der Waals surface area contributed by atoms with Crippen molar-refractivity contribution in [3.8, 4) is 0 Å². The van der Waals surface area contributed by atoms with Crippen LogP contribution in [0.3, 0.4) is 0 Å². The maximum absolute atomic E-state index is 12.1. The number of likely N-dealkylation sites (tertiary alicyclic amines) is 1. The monoisotopic (exact) mass is 324 g/mol. The Morgan fingerprint density at radius 1 is 1.50 bits per heavy atom. The van der Waals surface area contributed by atoms with E-state index in [0.29, 0.717) is 13.1 Å². The van der Waals surface area contributed by atoms with Crippen LogP contribution in [-0.4, -0.2) is 59.0 Å². The van der Waals surface area contributed by atoms with Crippen molar-refractivity contribution in [2.75, 3.05) is 31.3 Å². The van der Waals surface area contributed by atoms with E-state index < -0.39 is 5.60 Å². The second kappa shape index (κ2) is 6.73. The Kier molecular flexibility index (Phi) is 5.16. The Morgan fingerprint density at radius 2 is 2.23 bits per heavy atom. The zero-order valence-electron chi connectivity index (χ0n) is 13.9. The van der Waals surface area contributed by atoms with Crippen molar-refractivity contribution in [1.29, 1.82) is 0 Å². The largest absolute Gasteiger partial charge is 0.444 e. The number of thioether (sulfide) groups is 1. The second-order valence-corrected chi connectivity index (χ2v) is 7.15. The van der Waals surface area contributed by atoms with E-state index >= 15 is 0 Å². The molecule has 2 rings (SSSR count). The maximum atomic E-state index is 12.1. The van der Waals surface area contributed by atoms with Crippen LogP contribution in [-0.2, 0) is 4.74 Å². The van der Waals surface area contributed by atoms with Crippen molar-refractivity contribution in [3.63, 3.8) is 0 Å². The number of nitrogens with zero attached hydrogens (tertiary/aromatic N) is 4. The molecular weight excluding hydrogens is 300 g/mol. The number of ether oxygens (including phenoxy) is 1. The van der Waals surface area contributed by atoms with Gasteiger partial charge in [-0.15, -0.1) is 0 Å². The number of rotatable bonds is 3. The van der Waals surface area contributed by atoms with Crippen LogP contribution in [0.15, 0.2) is 17.4 Å². The van der Waals surface area contributed by atoms with E-state index in [2.05, 4.69) is 14.9 Å². The minimum Gasteiger partial charge on any atom is -0.444 e. The Hall–Kier alpha value is -1.50. The summed E-state index contributed by atoms with van der Waals surface area (Å²) in [4.78, 5) is 24.7. The maximum Gasteiger partial charge on any atom is 0.410 e. The first-order valence-electron chi connectivity index (χ1n) is 7.38. The standard InChI is InChI=1S/C15H24N4O2S/c1-15(2,3)21-14(20)19-9-7-11(10-19)18(4)12-6-8-16-13(17-12)22-5/h6,8,11H,7,9-10H2,1-5H3/t11-/m1/s1. The van der Waals surface area contributed by atoms with Crippen molar-refractivity contribution in [1.82, 2.24) is 14.9 Å². The van der Waals surface area contributed by atoms with Crippen molar-refractivity contribution in [3.05, 3.63) is 12.3 Å². The number of aromatic nitrogens is 2. The van der Waals surface area contributed by atoms with Crippen LogP contribution in [0.2, 0.25) is 0 Å². The average Bonchev–Trinajstić information content (AvgIpc) is 2.94. The van der Waals surface area contributed by atoms with Crippen LogP contribution >= 0.6 is 11.8 Å². The van der Waals surface area contributed by atoms with Crippen molar-refractivity contribution in [2.45, 2.75) is 44.0 Å². The molecule has 1 fully saturated rings. The van der Waals surface area contributed by atoms with E-state index in [1.54, 1.807) is 11.1 Å². The lowest BCUT2D eigenvalue weighted by Crippen LogP contribution is -2.39. The molecule has 0 bridgehead atoms. The first-order valence-corrected chi connectivity index (χ1v) is 8.60. The van der Waals surface area contributed by atoms with Gasteiger partial charge in [0.25, 0.3) is 0 Å². The van der Waals surface area contributed by atoms with Gasteiger partial charge in [0.05, 0.1) is 0 Å². The SMILES string of the molecule is CSc1nccc(N(C)[C@@H]2CCN(C(=O)OC(C)(C)C)C2)n1. The lowest BCUT2D eigenvalue weighted by molar-refractivity contribution is 0.0292. The molecule has 0 saturated carbocycles. The van der Waals surface area contributed by atoms with Gasteiger partial charge in [0.2, 0.25) is 0 Å². The quantitative estimate of drug-likeness (QED) is 0.629. The van der Waals surface area contributed by atoms with Gasteiger partial charge >= 0.3 is 6.09 Å². The molecule has 22 heavy (non-hydrogen) atoms. The number of carbonyl (C=O) groups excluding carboxylic acids is 1. The van der Waals surface area contributed by atoms with Crippen LogP contribution < -0.4 is 4.90 Å². The van der Waals surface area contributed by atoms with Crippen LogP contribution in [0.25, 0.3) is 0 Å². The molecule has 1 aliphatic heterocycles. The zero-order valence-corrected chi connectivity index (χ0v) is 14.7. The van der Waals surface area contributed by atoms with E-state index in [1.165, 1.54) is 11.8 Å². The highest BCUT2D eigenvalue weighted by molar-refractivity contribution is 7.98. The van der Waals surface area contributed by atoms with E-state index in [9.17, 15) is 4.79 Å². The third-order valence-electron chi connectivity index (χ3n) is 3.53. The first kappa shape index (κ1) is 16.9. The fourth-order valence-electron chi connectivity index (χ4n) is 2.36. The molecule has 1 atom stereocenters. The molecule has 1 saturated heterocycles. The Balaban J connectivity index is 1.98. The van der Waals surface area contributed by atoms with E-state index in [4.69, 9.17) is 4.74 Å². The van der Waals surface area contributed by atoms with Crippen molar-refractivity contribution in [2.24, 2.45) is 0 Å². The summed E-state index contributed by atoms with van der Waals surface area (Å²) < 4.78 is 5.43. The van der Waals surface area contributed by atoms with Crippen LogP contribution in [0.5, 0.6) is 0 Å². The van der Waals surface area contributed by atoms with Gasteiger partial charge in [-0.3, -0.25) is 0 Å². The highest BCUT2D eigenvalue weighted by Gasteiger charge is 2.32. The molecule has 1 aliphatic rings. The van der Waals surface area contributed by atoms with Gasteiger partial charge < -0.3 is 14.5 Å². The van der Waals surface area contributed by atoms with Gasteiger partial charge in [-0.1, -0.05) is 11.8 Å². The number of anilines is 1. The summed E-state index contributed by atoms with van der Waals surface area (Å²) in [6.07, 6.45) is 4.40. The predicted molar refractivity (Wildman–Crippen MR) is 88.4 cm³/mol. The van der Waals surface area contributed by atoms with Crippen LogP contribution in [0.1, 0.15) is 27.2 Å². The van der Waals surface area contributed by atoms with Gasteiger partial charge in [0, 0.05) is 32.4 Å². The normalized spacial score (nSPS) is 18.4. The average molecular weight is 324 g/mol. The molecule has 0 aliphatic carbocycles. The fourth-order valence-corrected chi connectivity index (χ4v) is 2.72. The predicted octanol–water partition coefficient (Wildman–Crippen LogP) is 2.64. The minimum absolute atomic E-state index is 0.240. The summed E-state index contributed by atoms with van der Waals surface area (Å²) in [5.74, 6) is 0.885.